The minimum absolute atomic E-state index is 0.191. The molecular weight excluding hydrogens is 306 g/mol. The Kier molecular flexibility index (Phi) is 5.14. The fourth-order valence-corrected chi connectivity index (χ4v) is 3.33. The van der Waals surface area contributed by atoms with Crippen molar-refractivity contribution in [2.24, 2.45) is 5.92 Å². The number of nitro benzene ring substituents is 1. The van der Waals surface area contributed by atoms with Crippen molar-refractivity contribution in [3.05, 3.63) is 45.5 Å². The van der Waals surface area contributed by atoms with Crippen LogP contribution in [0, 0.1) is 16.0 Å². The van der Waals surface area contributed by atoms with Crippen LogP contribution in [0.1, 0.15) is 37.7 Å². The molecule has 1 fully saturated rings. The van der Waals surface area contributed by atoms with Crippen LogP contribution in [-0.2, 0) is 0 Å². The van der Waals surface area contributed by atoms with Crippen LogP contribution in [-0.4, -0.2) is 10.3 Å². The van der Waals surface area contributed by atoms with Gasteiger partial charge in [-0.1, -0.05) is 52.9 Å². The summed E-state index contributed by atoms with van der Waals surface area (Å²) in [6, 6.07) is 6.96. The van der Waals surface area contributed by atoms with Crippen LogP contribution >= 0.6 is 15.9 Å². The number of para-hydroxylation sites is 1. The first-order valence-electron chi connectivity index (χ1n) is 6.72. The van der Waals surface area contributed by atoms with Crippen molar-refractivity contribution >= 4 is 27.7 Å². The third-order valence-corrected chi connectivity index (χ3v) is 4.41. The lowest BCUT2D eigenvalue weighted by atomic mass is 9.83. The molecule has 0 saturated heterocycles. The van der Waals surface area contributed by atoms with E-state index in [1.165, 1.54) is 37.7 Å². The molecule has 0 bridgehead atoms. The minimum atomic E-state index is -0.307. The largest absolute Gasteiger partial charge is 0.276 e. The van der Waals surface area contributed by atoms with Crippen molar-refractivity contribution in [1.82, 2.24) is 0 Å². The number of rotatable bonds is 4. The van der Waals surface area contributed by atoms with Crippen molar-refractivity contribution in [3.63, 3.8) is 0 Å². The predicted molar refractivity (Wildman–Crippen MR) is 81.4 cm³/mol. The van der Waals surface area contributed by atoms with Gasteiger partial charge in [0.1, 0.15) is 0 Å². The van der Waals surface area contributed by atoms with Gasteiger partial charge in [0.15, 0.2) is 0 Å². The van der Waals surface area contributed by atoms with Gasteiger partial charge in [0, 0.05) is 11.4 Å². The number of nitrogens with zero attached hydrogens (tertiary/aromatic N) is 1. The van der Waals surface area contributed by atoms with Crippen molar-refractivity contribution in [2.45, 2.75) is 32.1 Å². The zero-order valence-corrected chi connectivity index (χ0v) is 12.4. The SMILES string of the molecule is O=[N+]([O-])c1ccccc1C=C(CBr)C1CCCCC1. The van der Waals surface area contributed by atoms with E-state index in [0.29, 0.717) is 11.5 Å². The number of nitro groups is 1. The smallest absolute Gasteiger partial charge is 0.258 e. The highest BCUT2D eigenvalue weighted by atomic mass is 79.9. The second-order valence-electron chi connectivity index (χ2n) is 5.00. The van der Waals surface area contributed by atoms with E-state index < -0.39 is 0 Å². The third kappa shape index (κ3) is 3.66. The summed E-state index contributed by atoms with van der Waals surface area (Å²) in [6.07, 6.45) is 8.27. The lowest BCUT2D eigenvalue weighted by molar-refractivity contribution is -0.385. The molecule has 1 aliphatic rings. The van der Waals surface area contributed by atoms with E-state index in [4.69, 9.17) is 0 Å². The normalized spacial score (nSPS) is 17.4. The molecule has 0 spiro atoms. The van der Waals surface area contributed by atoms with Gasteiger partial charge in [0.2, 0.25) is 0 Å². The molecule has 0 radical (unpaired) electrons. The fourth-order valence-electron chi connectivity index (χ4n) is 2.71. The molecule has 102 valence electrons. The van der Waals surface area contributed by atoms with Crippen LogP contribution in [0.2, 0.25) is 0 Å². The highest BCUT2D eigenvalue weighted by Crippen LogP contribution is 2.33. The molecule has 1 aliphatic carbocycles. The van der Waals surface area contributed by atoms with E-state index in [1.807, 2.05) is 18.2 Å². The highest BCUT2D eigenvalue weighted by Gasteiger charge is 2.18. The Morgan fingerprint density at radius 3 is 2.63 bits per heavy atom. The molecule has 1 saturated carbocycles. The van der Waals surface area contributed by atoms with E-state index in [2.05, 4.69) is 15.9 Å². The number of hydrogen-bond donors (Lipinski definition) is 0. The van der Waals surface area contributed by atoms with Crippen LogP contribution in [0.3, 0.4) is 0 Å². The van der Waals surface area contributed by atoms with Gasteiger partial charge in [-0.25, -0.2) is 0 Å². The van der Waals surface area contributed by atoms with Crippen LogP contribution < -0.4 is 0 Å². The molecule has 0 amide bonds. The van der Waals surface area contributed by atoms with Crippen molar-refractivity contribution in [1.29, 1.82) is 0 Å². The fraction of sp³-hybridized carbons (Fsp3) is 0.467. The van der Waals surface area contributed by atoms with Gasteiger partial charge in [-0.05, 0) is 30.9 Å². The van der Waals surface area contributed by atoms with Crippen LogP contribution in [0.4, 0.5) is 5.69 Å². The number of halogens is 1. The van der Waals surface area contributed by atoms with Crippen LogP contribution in [0.25, 0.3) is 6.08 Å². The maximum atomic E-state index is 11.0. The molecule has 0 N–H and O–H groups in total. The molecule has 0 aromatic heterocycles. The number of hydrogen-bond acceptors (Lipinski definition) is 2. The highest BCUT2D eigenvalue weighted by molar-refractivity contribution is 9.09. The van der Waals surface area contributed by atoms with Crippen molar-refractivity contribution < 1.29 is 4.92 Å². The van der Waals surface area contributed by atoms with Gasteiger partial charge in [-0.15, -0.1) is 0 Å². The summed E-state index contributed by atoms with van der Waals surface area (Å²) < 4.78 is 0. The Labute approximate surface area is 122 Å². The second-order valence-corrected chi connectivity index (χ2v) is 5.56. The second kappa shape index (κ2) is 6.85. The minimum Gasteiger partial charge on any atom is -0.258 e. The van der Waals surface area contributed by atoms with Gasteiger partial charge in [0.25, 0.3) is 5.69 Å². The molecule has 4 heteroatoms. The first kappa shape index (κ1) is 14.3. The van der Waals surface area contributed by atoms with E-state index in [1.54, 1.807) is 12.1 Å². The average molecular weight is 324 g/mol. The summed E-state index contributed by atoms with van der Waals surface area (Å²) in [5, 5.41) is 11.8. The summed E-state index contributed by atoms with van der Waals surface area (Å²) in [5.74, 6) is 0.577. The molecule has 2 rings (SSSR count). The first-order valence-corrected chi connectivity index (χ1v) is 7.84. The zero-order valence-electron chi connectivity index (χ0n) is 10.8. The monoisotopic (exact) mass is 323 g/mol. The summed E-state index contributed by atoms with van der Waals surface area (Å²) in [4.78, 5) is 10.7. The third-order valence-electron chi connectivity index (χ3n) is 3.76. The Morgan fingerprint density at radius 1 is 1.32 bits per heavy atom. The summed E-state index contributed by atoms with van der Waals surface area (Å²) in [5.41, 5.74) is 2.19. The zero-order chi connectivity index (χ0) is 13.7. The van der Waals surface area contributed by atoms with Crippen molar-refractivity contribution in [2.75, 3.05) is 5.33 Å². The molecule has 0 aliphatic heterocycles. The van der Waals surface area contributed by atoms with E-state index >= 15 is 0 Å². The molecule has 1 aromatic carbocycles. The molecule has 0 unspecified atom stereocenters. The first-order chi connectivity index (χ1) is 9.22. The van der Waals surface area contributed by atoms with Crippen LogP contribution in [0.5, 0.6) is 0 Å². The predicted octanol–water partition coefficient (Wildman–Crippen LogP) is 4.95. The number of alkyl halides is 1. The van der Waals surface area contributed by atoms with E-state index in [9.17, 15) is 10.1 Å². The van der Waals surface area contributed by atoms with Crippen molar-refractivity contribution in [3.8, 4) is 0 Å². The summed E-state index contributed by atoms with van der Waals surface area (Å²) >= 11 is 3.53. The average Bonchev–Trinajstić information content (AvgIpc) is 2.46. The Bertz CT molecular complexity index is 479. The van der Waals surface area contributed by atoms with Crippen LogP contribution in [0.15, 0.2) is 29.8 Å². The molecule has 1 aromatic rings. The summed E-state index contributed by atoms with van der Waals surface area (Å²) in [7, 11) is 0. The Balaban J connectivity index is 2.29. The lowest BCUT2D eigenvalue weighted by Gasteiger charge is -2.23. The quantitative estimate of drug-likeness (QED) is 0.447. The number of allylic oxidation sites excluding steroid dienone is 1. The van der Waals surface area contributed by atoms with Gasteiger partial charge in [-0.3, -0.25) is 10.1 Å². The molecule has 0 atom stereocenters. The molecule has 0 heterocycles. The number of benzene rings is 1. The van der Waals surface area contributed by atoms with Gasteiger partial charge < -0.3 is 0 Å². The maximum Gasteiger partial charge on any atom is 0.276 e. The molecule has 19 heavy (non-hydrogen) atoms. The van der Waals surface area contributed by atoms with E-state index in [-0.39, 0.29) is 10.6 Å². The topological polar surface area (TPSA) is 43.1 Å². The molecule has 3 nitrogen and oxygen atoms in total. The molecular formula is C15H18BrNO2. The van der Waals surface area contributed by atoms with Gasteiger partial charge >= 0.3 is 0 Å². The Morgan fingerprint density at radius 2 is 2.00 bits per heavy atom. The van der Waals surface area contributed by atoms with Gasteiger partial charge in [-0.2, -0.15) is 0 Å². The summed E-state index contributed by atoms with van der Waals surface area (Å²) in [6.45, 7) is 0. The van der Waals surface area contributed by atoms with E-state index in [0.717, 1.165) is 5.33 Å². The lowest BCUT2D eigenvalue weighted by Crippen LogP contribution is -2.10. The maximum absolute atomic E-state index is 11.0. The van der Waals surface area contributed by atoms with Gasteiger partial charge in [0.05, 0.1) is 10.5 Å². The standard InChI is InChI=1S/C15H18BrNO2/c16-11-14(12-6-2-1-3-7-12)10-13-8-4-5-9-15(13)17(18)19/h4-5,8-10,12H,1-3,6-7,11H2. The Hall–Kier alpha value is -1.16.